The molecular formula is C19H23FIN3O. The number of hydrogen-bond donors (Lipinski definition) is 2. The molecule has 1 aliphatic rings. The van der Waals surface area contributed by atoms with Gasteiger partial charge in [0.2, 0.25) is 0 Å². The maximum atomic E-state index is 12.9. The second-order valence-electron chi connectivity index (χ2n) is 5.81. The molecule has 3 rings (SSSR count). The van der Waals surface area contributed by atoms with Crippen LogP contribution >= 0.6 is 24.0 Å². The SMILES string of the molecule is CN=C(NCc1ccc(F)cc1)NCC1CCOc2ccccc21.I. The molecule has 1 atom stereocenters. The molecule has 134 valence electrons. The summed E-state index contributed by atoms with van der Waals surface area (Å²) in [5.41, 5.74) is 2.25. The van der Waals surface area contributed by atoms with Crippen LogP contribution in [0.5, 0.6) is 5.75 Å². The van der Waals surface area contributed by atoms with Crippen molar-refractivity contribution >= 4 is 29.9 Å². The van der Waals surface area contributed by atoms with Crippen molar-refractivity contribution in [1.82, 2.24) is 10.6 Å². The summed E-state index contributed by atoms with van der Waals surface area (Å²) in [7, 11) is 1.75. The lowest BCUT2D eigenvalue weighted by Crippen LogP contribution is -2.39. The number of para-hydroxylation sites is 1. The number of fused-ring (bicyclic) bond motifs is 1. The van der Waals surface area contributed by atoms with Crippen LogP contribution < -0.4 is 15.4 Å². The number of ether oxygens (including phenoxy) is 1. The van der Waals surface area contributed by atoms with Gasteiger partial charge in [-0.1, -0.05) is 30.3 Å². The summed E-state index contributed by atoms with van der Waals surface area (Å²) < 4.78 is 18.6. The van der Waals surface area contributed by atoms with E-state index in [1.165, 1.54) is 17.7 Å². The van der Waals surface area contributed by atoms with Crippen molar-refractivity contribution in [2.75, 3.05) is 20.2 Å². The Balaban J connectivity index is 0.00000225. The van der Waals surface area contributed by atoms with Crippen molar-refractivity contribution in [2.24, 2.45) is 4.99 Å². The fourth-order valence-corrected chi connectivity index (χ4v) is 2.86. The van der Waals surface area contributed by atoms with Gasteiger partial charge < -0.3 is 15.4 Å². The van der Waals surface area contributed by atoms with Crippen LogP contribution in [0.2, 0.25) is 0 Å². The molecule has 0 radical (unpaired) electrons. The highest BCUT2D eigenvalue weighted by Crippen LogP contribution is 2.32. The van der Waals surface area contributed by atoms with E-state index in [1.807, 2.05) is 18.2 Å². The minimum absolute atomic E-state index is 0. The van der Waals surface area contributed by atoms with Gasteiger partial charge >= 0.3 is 0 Å². The second kappa shape index (κ2) is 9.60. The van der Waals surface area contributed by atoms with Gasteiger partial charge in [0, 0.05) is 26.1 Å². The molecule has 1 aliphatic heterocycles. The molecule has 0 aromatic heterocycles. The summed E-state index contributed by atoms with van der Waals surface area (Å²) in [5.74, 6) is 1.90. The summed E-state index contributed by atoms with van der Waals surface area (Å²) in [4.78, 5) is 4.25. The van der Waals surface area contributed by atoms with Crippen LogP contribution in [0.1, 0.15) is 23.5 Å². The Kier molecular flexibility index (Phi) is 7.49. The van der Waals surface area contributed by atoms with Gasteiger partial charge in [0.1, 0.15) is 11.6 Å². The molecule has 1 heterocycles. The third-order valence-electron chi connectivity index (χ3n) is 4.20. The molecule has 0 saturated heterocycles. The Bertz CT molecular complexity index is 706. The number of hydrogen-bond acceptors (Lipinski definition) is 2. The highest BCUT2D eigenvalue weighted by Gasteiger charge is 2.20. The van der Waals surface area contributed by atoms with E-state index in [0.717, 1.165) is 36.8 Å². The van der Waals surface area contributed by atoms with Crippen molar-refractivity contribution in [3.8, 4) is 5.75 Å². The van der Waals surface area contributed by atoms with Crippen LogP contribution in [0.25, 0.3) is 0 Å². The smallest absolute Gasteiger partial charge is 0.191 e. The van der Waals surface area contributed by atoms with Crippen LogP contribution in [0.15, 0.2) is 53.5 Å². The van der Waals surface area contributed by atoms with Gasteiger partial charge in [0.05, 0.1) is 6.61 Å². The molecule has 2 aromatic carbocycles. The van der Waals surface area contributed by atoms with Crippen LogP contribution in [-0.4, -0.2) is 26.2 Å². The van der Waals surface area contributed by atoms with Crippen molar-refractivity contribution in [1.29, 1.82) is 0 Å². The summed E-state index contributed by atoms with van der Waals surface area (Å²) in [5, 5.41) is 6.62. The largest absolute Gasteiger partial charge is 0.493 e. The first kappa shape index (κ1) is 19.5. The van der Waals surface area contributed by atoms with Gasteiger partial charge in [-0.25, -0.2) is 4.39 Å². The Morgan fingerprint density at radius 3 is 2.68 bits per heavy atom. The van der Waals surface area contributed by atoms with E-state index in [1.54, 1.807) is 19.2 Å². The van der Waals surface area contributed by atoms with Crippen LogP contribution in [0, 0.1) is 5.82 Å². The fraction of sp³-hybridized carbons (Fsp3) is 0.316. The summed E-state index contributed by atoms with van der Waals surface area (Å²) in [6, 6.07) is 14.6. The number of aliphatic imine (C=N–C) groups is 1. The second-order valence-corrected chi connectivity index (χ2v) is 5.81. The Morgan fingerprint density at radius 1 is 1.16 bits per heavy atom. The normalized spacial score (nSPS) is 16.2. The van der Waals surface area contributed by atoms with E-state index in [9.17, 15) is 4.39 Å². The number of guanidine groups is 1. The van der Waals surface area contributed by atoms with Crippen molar-refractivity contribution in [3.63, 3.8) is 0 Å². The number of halogens is 2. The van der Waals surface area contributed by atoms with Crippen LogP contribution in [0.3, 0.4) is 0 Å². The van der Waals surface area contributed by atoms with Crippen molar-refractivity contribution in [2.45, 2.75) is 18.9 Å². The van der Waals surface area contributed by atoms with Crippen molar-refractivity contribution < 1.29 is 9.13 Å². The van der Waals surface area contributed by atoms with Gasteiger partial charge in [-0.2, -0.15) is 0 Å². The molecule has 1 unspecified atom stereocenters. The number of benzene rings is 2. The first-order valence-electron chi connectivity index (χ1n) is 8.17. The molecule has 4 nitrogen and oxygen atoms in total. The minimum atomic E-state index is -0.223. The average molecular weight is 455 g/mol. The molecule has 0 bridgehead atoms. The lowest BCUT2D eigenvalue weighted by atomic mass is 9.93. The highest BCUT2D eigenvalue weighted by atomic mass is 127. The Labute approximate surface area is 164 Å². The zero-order valence-electron chi connectivity index (χ0n) is 14.2. The Hall–Kier alpha value is -1.83. The van der Waals surface area contributed by atoms with E-state index in [4.69, 9.17) is 4.74 Å². The quantitative estimate of drug-likeness (QED) is 0.420. The van der Waals surface area contributed by atoms with Gasteiger partial charge in [0.15, 0.2) is 5.96 Å². The molecule has 0 amide bonds. The van der Waals surface area contributed by atoms with Crippen molar-refractivity contribution in [3.05, 3.63) is 65.5 Å². The van der Waals surface area contributed by atoms with Crippen LogP contribution in [0.4, 0.5) is 4.39 Å². The lowest BCUT2D eigenvalue weighted by molar-refractivity contribution is 0.267. The number of nitrogens with one attached hydrogen (secondary N) is 2. The molecular weight excluding hydrogens is 432 g/mol. The topological polar surface area (TPSA) is 45.7 Å². The van der Waals surface area contributed by atoms with E-state index in [2.05, 4.69) is 21.7 Å². The predicted octanol–water partition coefficient (Wildman–Crippen LogP) is 3.68. The summed E-state index contributed by atoms with van der Waals surface area (Å²) >= 11 is 0. The molecule has 2 aromatic rings. The standard InChI is InChI=1S/C19H22FN3O.HI/c1-21-19(22-12-14-6-8-16(20)9-7-14)23-13-15-10-11-24-18-5-3-2-4-17(15)18;/h2-9,15H,10-13H2,1H3,(H2,21,22,23);1H. The van der Waals surface area contributed by atoms with E-state index in [0.29, 0.717) is 12.5 Å². The van der Waals surface area contributed by atoms with Gasteiger partial charge in [-0.05, 0) is 35.7 Å². The molecule has 0 aliphatic carbocycles. The summed E-state index contributed by atoms with van der Waals surface area (Å²) in [6.07, 6.45) is 0.985. The third kappa shape index (κ3) is 5.32. The predicted molar refractivity (Wildman–Crippen MR) is 109 cm³/mol. The Morgan fingerprint density at radius 2 is 1.92 bits per heavy atom. The molecule has 6 heteroatoms. The van der Waals surface area contributed by atoms with E-state index in [-0.39, 0.29) is 29.8 Å². The highest BCUT2D eigenvalue weighted by molar-refractivity contribution is 14.0. The maximum Gasteiger partial charge on any atom is 0.191 e. The van der Waals surface area contributed by atoms with Gasteiger partial charge in [0.25, 0.3) is 0 Å². The molecule has 0 spiro atoms. The minimum Gasteiger partial charge on any atom is -0.493 e. The van der Waals surface area contributed by atoms with Crippen LogP contribution in [-0.2, 0) is 6.54 Å². The zero-order valence-corrected chi connectivity index (χ0v) is 16.5. The monoisotopic (exact) mass is 455 g/mol. The first-order valence-corrected chi connectivity index (χ1v) is 8.17. The summed E-state index contributed by atoms with van der Waals surface area (Å²) in [6.45, 7) is 2.14. The molecule has 2 N–H and O–H groups in total. The number of rotatable bonds is 4. The molecule has 0 fully saturated rings. The lowest BCUT2D eigenvalue weighted by Gasteiger charge is -2.26. The van der Waals surface area contributed by atoms with E-state index >= 15 is 0 Å². The third-order valence-corrected chi connectivity index (χ3v) is 4.20. The first-order chi connectivity index (χ1) is 11.8. The number of nitrogens with zero attached hydrogens (tertiary/aromatic N) is 1. The van der Waals surface area contributed by atoms with Gasteiger partial charge in [-0.15, -0.1) is 24.0 Å². The molecule has 25 heavy (non-hydrogen) atoms. The average Bonchev–Trinajstić information content (AvgIpc) is 2.63. The molecule has 0 saturated carbocycles. The maximum absolute atomic E-state index is 12.9. The van der Waals surface area contributed by atoms with Gasteiger partial charge in [-0.3, -0.25) is 4.99 Å². The zero-order chi connectivity index (χ0) is 16.8. The van der Waals surface area contributed by atoms with E-state index < -0.39 is 0 Å². The fourth-order valence-electron chi connectivity index (χ4n) is 2.86.